The highest BCUT2D eigenvalue weighted by molar-refractivity contribution is 5.41. The summed E-state index contributed by atoms with van der Waals surface area (Å²) in [6.07, 6.45) is 0. The van der Waals surface area contributed by atoms with Crippen molar-refractivity contribution in [3.05, 3.63) is 30.3 Å². The highest BCUT2D eigenvalue weighted by Crippen LogP contribution is 2.08. The van der Waals surface area contributed by atoms with Crippen molar-refractivity contribution in [3.8, 4) is 0 Å². The zero-order valence-corrected chi connectivity index (χ0v) is 6.53. The molecule has 0 aliphatic carbocycles. The van der Waals surface area contributed by atoms with E-state index in [0.29, 0.717) is 6.61 Å². The summed E-state index contributed by atoms with van der Waals surface area (Å²) in [6, 6.07) is 9.52. The van der Waals surface area contributed by atoms with E-state index < -0.39 is 0 Å². The third kappa shape index (κ3) is 2.22. The maximum absolute atomic E-state index is 5.52. The Balaban J connectivity index is 2.61. The topological polar surface area (TPSA) is 38.5 Å². The summed E-state index contributed by atoms with van der Waals surface area (Å²) in [5, 5.41) is 1.26. The minimum absolute atomic E-state index is 0.575. The maximum atomic E-state index is 5.52. The van der Waals surface area contributed by atoms with Crippen LogP contribution in [0.3, 0.4) is 0 Å². The van der Waals surface area contributed by atoms with Crippen LogP contribution in [0.5, 0.6) is 0 Å². The van der Waals surface area contributed by atoms with Gasteiger partial charge < -0.3 is 0 Å². The predicted molar refractivity (Wildman–Crippen MR) is 44.7 cm³/mol. The first-order valence-corrected chi connectivity index (χ1v) is 3.57. The van der Waals surface area contributed by atoms with Crippen LogP contribution >= 0.6 is 0 Å². The molecule has 1 aromatic rings. The van der Waals surface area contributed by atoms with Gasteiger partial charge in [-0.05, 0) is 19.1 Å². The molecule has 0 unspecified atom stereocenters. The molecule has 1 aromatic carbocycles. The summed E-state index contributed by atoms with van der Waals surface area (Å²) >= 11 is 0. The van der Waals surface area contributed by atoms with Gasteiger partial charge in [0, 0.05) is 0 Å². The second-order valence-electron chi connectivity index (χ2n) is 2.08. The molecular weight excluding hydrogens is 140 g/mol. The predicted octanol–water partition coefficient (Wildman–Crippen LogP) is 1.32. The van der Waals surface area contributed by atoms with Crippen molar-refractivity contribution in [2.75, 3.05) is 11.8 Å². The molecule has 0 spiro atoms. The quantitative estimate of drug-likeness (QED) is 0.524. The summed E-state index contributed by atoms with van der Waals surface area (Å²) in [5.41, 5.74) is 0.856. The molecule has 0 saturated heterocycles. The monoisotopic (exact) mass is 152 g/mol. The first-order valence-electron chi connectivity index (χ1n) is 3.57. The van der Waals surface area contributed by atoms with Crippen molar-refractivity contribution in [1.29, 1.82) is 0 Å². The van der Waals surface area contributed by atoms with Gasteiger partial charge in [-0.25, -0.2) is 5.84 Å². The van der Waals surface area contributed by atoms with Gasteiger partial charge in [-0.3, -0.25) is 4.84 Å². The summed E-state index contributed by atoms with van der Waals surface area (Å²) in [4.78, 5) is 5.04. The lowest BCUT2D eigenvalue weighted by molar-refractivity contribution is 0.120. The molecule has 0 heterocycles. The van der Waals surface area contributed by atoms with Crippen LogP contribution < -0.4 is 11.0 Å². The molecule has 0 aromatic heterocycles. The van der Waals surface area contributed by atoms with E-state index in [1.807, 2.05) is 37.3 Å². The largest absolute Gasteiger partial charge is 0.258 e. The summed E-state index contributed by atoms with van der Waals surface area (Å²) < 4.78 is 0. The van der Waals surface area contributed by atoms with E-state index >= 15 is 0 Å². The van der Waals surface area contributed by atoms with Crippen LogP contribution in [0.4, 0.5) is 5.69 Å². The first-order chi connectivity index (χ1) is 5.34. The summed E-state index contributed by atoms with van der Waals surface area (Å²) in [5.74, 6) is 5.52. The molecule has 11 heavy (non-hydrogen) atoms. The van der Waals surface area contributed by atoms with Gasteiger partial charge in [0.25, 0.3) is 0 Å². The van der Waals surface area contributed by atoms with Gasteiger partial charge in [0.2, 0.25) is 0 Å². The van der Waals surface area contributed by atoms with Gasteiger partial charge in [0.15, 0.2) is 0 Å². The Bertz CT molecular complexity index is 201. The lowest BCUT2D eigenvalue weighted by Crippen LogP contribution is -2.30. The van der Waals surface area contributed by atoms with Crippen LogP contribution in [-0.2, 0) is 4.84 Å². The van der Waals surface area contributed by atoms with Crippen molar-refractivity contribution in [1.82, 2.24) is 0 Å². The Hall–Kier alpha value is -1.06. The van der Waals surface area contributed by atoms with Gasteiger partial charge in [-0.2, -0.15) is 5.17 Å². The molecule has 0 bridgehead atoms. The molecule has 1 rings (SSSR count). The molecule has 0 saturated carbocycles. The smallest absolute Gasteiger partial charge is 0.0820 e. The van der Waals surface area contributed by atoms with E-state index in [2.05, 4.69) is 0 Å². The van der Waals surface area contributed by atoms with E-state index in [1.54, 1.807) is 0 Å². The molecule has 3 nitrogen and oxygen atoms in total. The highest BCUT2D eigenvalue weighted by atomic mass is 16.7. The second-order valence-corrected chi connectivity index (χ2v) is 2.08. The number of para-hydroxylation sites is 1. The van der Waals surface area contributed by atoms with Crippen molar-refractivity contribution < 1.29 is 4.84 Å². The molecule has 3 heteroatoms. The number of nitrogens with zero attached hydrogens (tertiary/aromatic N) is 1. The number of hydrogen-bond acceptors (Lipinski definition) is 3. The van der Waals surface area contributed by atoms with E-state index in [4.69, 9.17) is 10.7 Å². The molecule has 0 amide bonds. The standard InChI is InChI=1S/C8H12N2O/c1-2-11-10(9)8-6-4-3-5-7-8/h3-7H,2,9H2,1H3. The van der Waals surface area contributed by atoms with Gasteiger partial charge in [0.1, 0.15) is 0 Å². The minimum Gasteiger partial charge on any atom is -0.258 e. The van der Waals surface area contributed by atoms with Crippen molar-refractivity contribution in [2.45, 2.75) is 6.92 Å². The van der Waals surface area contributed by atoms with E-state index in [1.165, 1.54) is 5.17 Å². The molecule has 0 atom stereocenters. The number of anilines is 1. The van der Waals surface area contributed by atoms with Crippen LogP contribution in [0.1, 0.15) is 6.92 Å². The summed E-state index contributed by atoms with van der Waals surface area (Å²) in [7, 11) is 0. The SMILES string of the molecule is CCON(N)c1ccccc1. The van der Waals surface area contributed by atoms with E-state index in [0.717, 1.165) is 5.69 Å². The Kier molecular flexibility index (Phi) is 2.89. The van der Waals surface area contributed by atoms with Crippen LogP contribution in [-0.4, -0.2) is 6.61 Å². The van der Waals surface area contributed by atoms with Gasteiger partial charge in [-0.1, -0.05) is 18.2 Å². The third-order valence-electron chi connectivity index (χ3n) is 1.28. The molecule has 0 aliphatic rings. The fraction of sp³-hybridized carbons (Fsp3) is 0.250. The Morgan fingerprint density at radius 3 is 2.55 bits per heavy atom. The van der Waals surface area contributed by atoms with Crippen LogP contribution in [0.25, 0.3) is 0 Å². The average molecular weight is 152 g/mol. The normalized spacial score (nSPS) is 9.64. The Morgan fingerprint density at radius 1 is 1.36 bits per heavy atom. The number of rotatable bonds is 3. The highest BCUT2D eigenvalue weighted by Gasteiger charge is 1.96. The minimum atomic E-state index is 0.575. The molecular formula is C8H12N2O. The average Bonchev–Trinajstić information content (AvgIpc) is 2.07. The van der Waals surface area contributed by atoms with E-state index in [9.17, 15) is 0 Å². The van der Waals surface area contributed by atoms with Crippen LogP contribution in [0, 0.1) is 0 Å². The maximum Gasteiger partial charge on any atom is 0.0820 e. The molecule has 0 radical (unpaired) electrons. The first kappa shape index (κ1) is 8.04. The fourth-order valence-electron chi connectivity index (χ4n) is 0.789. The van der Waals surface area contributed by atoms with Crippen LogP contribution in [0.2, 0.25) is 0 Å². The van der Waals surface area contributed by atoms with Gasteiger partial charge >= 0.3 is 0 Å². The molecule has 0 fully saturated rings. The van der Waals surface area contributed by atoms with Gasteiger partial charge in [-0.15, -0.1) is 0 Å². The zero-order valence-electron chi connectivity index (χ0n) is 6.53. The molecule has 2 N–H and O–H groups in total. The number of nitrogens with two attached hydrogens (primary N) is 1. The van der Waals surface area contributed by atoms with Gasteiger partial charge in [0.05, 0.1) is 12.3 Å². The third-order valence-corrected chi connectivity index (χ3v) is 1.28. The summed E-state index contributed by atoms with van der Waals surface area (Å²) in [6.45, 7) is 2.47. The van der Waals surface area contributed by atoms with Crippen molar-refractivity contribution in [2.24, 2.45) is 5.84 Å². The number of hydrogen-bond donors (Lipinski definition) is 1. The number of hydrazine groups is 1. The van der Waals surface area contributed by atoms with Crippen LogP contribution in [0.15, 0.2) is 30.3 Å². The van der Waals surface area contributed by atoms with E-state index in [-0.39, 0.29) is 0 Å². The lowest BCUT2D eigenvalue weighted by atomic mass is 10.3. The lowest BCUT2D eigenvalue weighted by Gasteiger charge is -2.15. The number of benzene rings is 1. The van der Waals surface area contributed by atoms with Crippen molar-refractivity contribution in [3.63, 3.8) is 0 Å². The Morgan fingerprint density at radius 2 is 2.00 bits per heavy atom. The zero-order chi connectivity index (χ0) is 8.10. The fourth-order valence-corrected chi connectivity index (χ4v) is 0.789. The molecule has 0 aliphatic heterocycles. The Labute approximate surface area is 66.3 Å². The second kappa shape index (κ2) is 3.95. The van der Waals surface area contributed by atoms with Crippen molar-refractivity contribution >= 4 is 5.69 Å². The molecule has 60 valence electrons.